The van der Waals surface area contributed by atoms with Gasteiger partial charge in [-0.3, -0.25) is 13.9 Å². The van der Waals surface area contributed by atoms with Gasteiger partial charge < -0.3 is 10.2 Å². The van der Waals surface area contributed by atoms with Gasteiger partial charge in [0.05, 0.1) is 11.9 Å². The summed E-state index contributed by atoms with van der Waals surface area (Å²) in [6.45, 7) is 3.81. The number of carbonyl (C=O) groups is 2. The first-order chi connectivity index (χ1) is 16.0. The van der Waals surface area contributed by atoms with Crippen molar-refractivity contribution in [2.75, 3.05) is 23.7 Å². The van der Waals surface area contributed by atoms with Crippen molar-refractivity contribution in [3.8, 4) is 0 Å². The molecule has 0 aliphatic carbocycles. The van der Waals surface area contributed by atoms with Gasteiger partial charge in [-0.15, -0.1) is 0 Å². The fourth-order valence-corrected chi connectivity index (χ4v) is 4.85. The lowest BCUT2D eigenvalue weighted by Gasteiger charge is -2.30. The Balaban J connectivity index is 2.20. The summed E-state index contributed by atoms with van der Waals surface area (Å²) in [5, 5.41) is 3.44. The minimum Gasteiger partial charge on any atom is -0.355 e. The first-order valence-electron chi connectivity index (χ1n) is 10.7. The molecule has 0 spiro atoms. The molecule has 1 unspecified atom stereocenters. The van der Waals surface area contributed by atoms with Crippen molar-refractivity contribution in [1.82, 2.24) is 10.2 Å². The summed E-state index contributed by atoms with van der Waals surface area (Å²) in [5.74, 6) is -1.18. The molecule has 2 aromatic carbocycles. The third-order valence-electron chi connectivity index (χ3n) is 5.18. The van der Waals surface area contributed by atoms with Crippen molar-refractivity contribution >= 4 is 50.7 Å². The third kappa shape index (κ3) is 7.58. The fraction of sp³-hybridized carbons (Fsp3) is 0.391. The Morgan fingerprint density at radius 1 is 1.09 bits per heavy atom. The standard InChI is InChI=1S/C23H28Cl2FN3O4S/c1-4-27-23(31)16(2)28(15-19-20(24)7-5-8-21(19)25)22(30)9-6-14-29(34(3,32)33)18-12-10-17(26)11-13-18/h5,7-8,10-13,16H,4,6,9,14-15H2,1-3H3,(H,27,31). The van der Waals surface area contributed by atoms with Gasteiger partial charge >= 0.3 is 0 Å². The van der Waals surface area contributed by atoms with Gasteiger partial charge in [0, 0.05) is 41.7 Å². The van der Waals surface area contributed by atoms with Crippen LogP contribution in [0.3, 0.4) is 0 Å². The first-order valence-corrected chi connectivity index (χ1v) is 13.3. The summed E-state index contributed by atoms with van der Waals surface area (Å²) in [4.78, 5) is 27.0. The first kappa shape index (κ1) is 27.9. The van der Waals surface area contributed by atoms with Crippen LogP contribution in [-0.4, -0.2) is 50.5 Å². The van der Waals surface area contributed by atoms with Gasteiger partial charge in [-0.25, -0.2) is 12.8 Å². The number of hydrogen-bond acceptors (Lipinski definition) is 4. The number of nitrogens with zero attached hydrogens (tertiary/aromatic N) is 2. The Morgan fingerprint density at radius 3 is 2.21 bits per heavy atom. The molecule has 2 rings (SSSR count). The second-order valence-electron chi connectivity index (χ2n) is 7.71. The number of likely N-dealkylation sites (N-methyl/N-ethyl adjacent to an activating group) is 1. The zero-order valence-electron chi connectivity index (χ0n) is 19.2. The summed E-state index contributed by atoms with van der Waals surface area (Å²) in [6.07, 6.45) is 1.19. The van der Waals surface area contributed by atoms with Crippen molar-refractivity contribution in [2.24, 2.45) is 0 Å². The quantitative estimate of drug-likeness (QED) is 0.469. The van der Waals surface area contributed by atoms with Crippen molar-refractivity contribution in [1.29, 1.82) is 0 Å². The molecule has 0 bridgehead atoms. The van der Waals surface area contributed by atoms with Gasteiger partial charge in [0.15, 0.2) is 0 Å². The van der Waals surface area contributed by atoms with Crippen molar-refractivity contribution in [2.45, 2.75) is 39.3 Å². The summed E-state index contributed by atoms with van der Waals surface area (Å²) in [6, 6.07) is 9.24. The van der Waals surface area contributed by atoms with Crippen LogP contribution in [0.4, 0.5) is 10.1 Å². The van der Waals surface area contributed by atoms with Gasteiger partial charge in [-0.1, -0.05) is 29.3 Å². The number of sulfonamides is 1. The van der Waals surface area contributed by atoms with E-state index in [2.05, 4.69) is 5.32 Å². The molecule has 0 radical (unpaired) electrons. The van der Waals surface area contributed by atoms with E-state index >= 15 is 0 Å². The third-order valence-corrected chi connectivity index (χ3v) is 7.08. The lowest BCUT2D eigenvalue weighted by molar-refractivity contribution is -0.140. The molecule has 1 N–H and O–H groups in total. The van der Waals surface area contributed by atoms with Gasteiger partial charge in [0.1, 0.15) is 11.9 Å². The maximum atomic E-state index is 13.3. The highest BCUT2D eigenvalue weighted by atomic mass is 35.5. The predicted molar refractivity (Wildman–Crippen MR) is 133 cm³/mol. The number of rotatable bonds is 11. The van der Waals surface area contributed by atoms with Crippen LogP contribution in [0.15, 0.2) is 42.5 Å². The van der Waals surface area contributed by atoms with Gasteiger partial charge in [0.2, 0.25) is 21.8 Å². The van der Waals surface area contributed by atoms with E-state index in [4.69, 9.17) is 23.2 Å². The van der Waals surface area contributed by atoms with Crippen LogP contribution >= 0.6 is 23.2 Å². The number of nitrogens with one attached hydrogen (secondary N) is 1. The lowest BCUT2D eigenvalue weighted by atomic mass is 10.1. The van der Waals surface area contributed by atoms with E-state index in [0.29, 0.717) is 27.8 Å². The molecule has 2 amide bonds. The molecule has 0 aromatic heterocycles. The molecule has 34 heavy (non-hydrogen) atoms. The van der Waals surface area contributed by atoms with Crippen LogP contribution in [0.2, 0.25) is 10.0 Å². The molecule has 0 aliphatic heterocycles. The van der Waals surface area contributed by atoms with Crippen LogP contribution in [0.5, 0.6) is 0 Å². The Labute approximate surface area is 209 Å². The topological polar surface area (TPSA) is 86.8 Å². The minimum atomic E-state index is -3.66. The maximum absolute atomic E-state index is 13.3. The summed E-state index contributed by atoms with van der Waals surface area (Å²) in [7, 11) is -3.66. The zero-order valence-corrected chi connectivity index (χ0v) is 21.6. The average molecular weight is 532 g/mol. The summed E-state index contributed by atoms with van der Waals surface area (Å²) >= 11 is 12.6. The molecule has 7 nitrogen and oxygen atoms in total. The number of hydrogen-bond donors (Lipinski definition) is 1. The zero-order chi connectivity index (χ0) is 25.5. The van der Waals surface area contributed by atoms with Gasteiger partial charge in [0.25, 0.3) is 0 Å². The molecular weight excluding hydrogens is 504 g/mol. The fourth-order valence-electron chi connectivity index (χ4n) is 3.37. The molecule has 0 heterocycles. The SMILES string of the molecule is CCNC(=O)C(C)N(Cc1c(Cl)cccc1Cl)C(=O)CCCN(c1ccc(F)cc1)S(C)(=O)=O. The monoisotopic (exact) mass is 531 g/mol. The molecule has 0 saturated heterocycles. The van der Waals surface area contributed by atoms with Crippen molar-refractivity contribution in [3.05, 3.63) is 63.9 Å². The summed E-state index contributed by atoms with van der Waals surface area (Å²) < 4.78 is 38.9. The molecule has 1 atom stereocenters. The van der Waals surface area contributed by atoms with Crippen LogP contribution in [0.1, 0.15) is 32.3 Å². The summed E-state index contributed by atoms with van der Waals surface area (Å²) in [5.41, 5.74) is 0.811. The molecule has 0 aliphatic rings. The number of carbonyl (C=O) groups excluding carboxylic acids is 2. The number of anilines is 1. The maximum Gasteiger partial charge on any atom is 0.242 e. The van der Waals surface area contributed by atoms with Crippen LogP contribution in [0.25, 0.3) is 0 Å². The van der Waals surface area contributed by atoms with Crippen LogP contribution in [0, 0.1) is 5.82 Å². The molecule has 0 fully saturated rings. The average Bonchev–Trinajstić information content (AvgIpc) is 2.76. The van der Waals surface area contributed by atoms with Crippen LogP contribution in [-0.2, 0) is 26.2 Å². The molecule has 186 valence electrons. The number of halogens is 3. The highest BCUT2D eigenvalue weighted by Gasteiger charge is 2.27. The molecule has 0 saturated carbocycles. The van der Waals surface area contributed by atoms with E-state index in [0.717, 1.165) is 10.6 Å². The minimum absolute atomic E-state index is 0.00638. The smallest absolute Gasteiger partial charge is 0.242 e. The van der Waals surface area contributed by atoms with Crippen LogP contribution < -0.4 is 9.62 Å². The highest BCUT2D eigenvalue weighted by molar-refractivity contribution is 7.92. The van der Waals surface area contributed by atoms with E-state index in [-0.39, 0.29) is 37.7 Å². The number of amides is 2. The normalized spacial score (nSPS) is 12.2. The van der Waals surface area contributed by atoms with Crippen molar-refractivity contribution < 1.29 is 22.4 Å². The molecular formula is C23H28Cl2FN3O4S. The van der Waals surface area contributed by atoms with E-state index < -0.39 is 21.9 Å². The lowest BCUT2D eigenvalue weighted by Crippen LogP contribution is -2.47. The van der Waals surface area contributed by atoms with E-state index in [1.165, 1.54) is 29.2 Å². The largest absolute Gasteiger partial charge is 0.355 e. The Hall–Kier alpha value is -2.36. The van der Waals surface area contributed by atoms with E-state index in [9.17, 15) is 22.4 Å². The van der Waals surface area contributed by atoms with E-state index in [1.54, 1.807) is 32.0 Å². The second-order valence-corrected chi connectivity index (χ2v) is 10.4. The predicted octanol–water partition coefficient (Wildman–Crippen LogP) is 4.23. The Morgan fingerprint density at radius 2 is 1.68 bits per heavy atom. The van der Waals surface area contributed by atoms with Gasteiger partial charge in [-0.2, -0.15) is 0 Å². The molecule has 11 heteroatoms. The second kappa shape index (κ2) is 12.4. The molecule has 2 aromatic rings. The number of benzene rings is 2. The van der Waals surface area contributed by atoms with E-state index in [1.807, 2.05) is 0 Å². The Kier molecular flexibility index (Phi) is 10.1. The Bertz CT molecular complexity index is 1090. The highest BCUT2D eigenvalue weighted by Crippen LogP contribution is 2.27. The van der Waals surface area contributed by atoms with Crippen molar-refractivity contribution in [3.63, 3.8) is 0 Å². The van der Waals surface area contributed by atoms with Gasteiger partial charge in [-0.05, 0) is 56.7 Å².